The van der Waals surface area contributed by atoms with Crippen LogP contribution in [0.5, 0.6) is 5.75 Å². The fraction of sp³-hybridized carbons (Fsp3) is 0.125. The van der Waals surface area contributed by atoms with E-state index < -0.39 is 0 Å². The van der Waals surface area contributed by atoms with Gasteiger partial charge < -0.3 is 4.74 Å². The molecule has 33 heavy (non-hydrogen) atoms. The topological polar surface area (TPSA) is 52.3 Å². The van der Waals surface area contributed by atoms with Gasteiger partial charge >= 0.3 is 0 Å². The number of halogens is 3. The number of aryl methyl sites for hydroxylation is 1. The molecule has 4 aromatic rings. The first-order valence-corrected chi connectivity index (χ1v) is 12.1. The van der Waals surface area contributed by atoms with Crippen molar-refractivity contribution in [1.82, 2.24) is 14.9 Å². The van der Waals surface area contributed by atoms with Gasteiger partial charge in [0.2, 0.25) is 5.16 Å². The van der Waals surface area contributed by atoms with Crippen LogP contribution in [0.15, 0.2) is 77.0 Å². The summed E-state index contributed by atoms with van der Waals surface area (Å²) in [5.74, 6) is 2.10. The van der Waals surface area contributed by atoms with Crippen molar-refractivity contribution in [2.75, 3.05) is 0 Å². The summed E-state index contributed by atoms with van der Waals surface area (Å²) >= 11 is 19.7. The van der Waals surface area contributed by atoms with Crippen LogP contribution in [-0.2, 0) is 12.4 Å². The smallest absolute Gasteiger partial charge is 0.212 e. The van der Waals surface area contributed by atoms with Crippen molar-refractivity contribution in [3.8, 4) is 5.75 Å². The van der Waals surface area contributed by atoms with Gasteiger partial charge in [-0.15, -0.1) is 10.2 Å². The van der Waals surface area contributed by atoms with Crippen molar-refractivity contribution in [3.63, 3.8) is 0 Å². The zero-order valence-corrected chi connectivity index (χ0v) is 20.7. The molecule has 0 aliphatic rings. The Morgan fingerprint density at radius 1 is 0.939 bits per heavy atom. The first-order chi connectivity index (χ1) is 16.0. The number of thioether (sulfide) groups is 1. The molecule has 0 N–H and O–H groups in total. The molecule has 0 saturated carbocycles. The molecule has 5 nitrogen and oxygen atoms in total. The lowest BCUT2D eigenvalue weighted by Crippen LogP contribution is -1.97. The van der Waals surface area contributed by atoms with Gasteiger partial charge in [0.15, 0.2) is 5.82 Å². The SMILES string of the molecule is Cc1nnc(SCc2ccc(Cl)cc2Cl)n1/N=C/c1ccc(OCc2ccc(Cl)cc2)cc1. The summed E-state index contributed by atoms with van der Waals surface area (Å²) in [6.45, 7) is 2.33. The number of hydrogen-bond donors (Lipinski definition) is 0. The predicted octanol–water partition coefficient (Wildman–Crippen LogP) is 7.30. The third kappa shape index (κ3) is 6.51. The van der Waals surface area contributed by atoms with Crippen molar-refractivity contribution in [3.05, 3.63) is 104 Å². The molecule has 0 bridgehead atoms. The van der Waals surface area contributed by atoms with Crippen LogP contribution < -0.4 is 4.74 Å². The molecular formula is C24H19Cl3N4OS. The largest absolute Gasteiger partial charge is 0.489 e. The van der Waals surface area contributed by atoms with Crippen molar-refractivity contribution in [2.45, 2.75) is 24.4 Å². The van der Waals surface area contributed by atoms with Gasteiger partial charge in [-0.25, -0.2) is 0 Å². The van der Waals surface area contributed by atoms with Crippen molar-refractivity contribution in [2.24, 2.45) is 5.10 Å². The van der Waals surface area contributed by atoms with Crippen LogP contribution in [0.2, 0.25) is 15.1 Å². The zero-order chi connectivity index (χ0) is 23.2. The van der Waals surface area contributed by atoms with Crippen LogP contribution in [0.1, 0.15) is 22.5 Å². The molecule has 0 aliphatic carbocycles. The van der Waals surface area contributed by atoms with E-state index in [9.17, 15) is 0 Å². The Labute approximate surface area is 211 Å². The van der Waals surface area contributed by atoms with E-state index in [2.05, 4.69) is 15.3 Å². The number of aromatic nitrogens is 3. The number of benzene rings is 3. The lowest BCUT2D eigenvalue weighted by Gasteiger charge is -2.07. The first-order valence-electron chi connectivity index (χ1n) is 9.98. The van der Waals surface area contributed by atoms with Crippen LogP contribution in [0, 0.1) is 6.92 Å². The van der Waals surface area contributed by atoms with E-state index in [1.54, 1.807) is 17.0 Å². The van der Waals surface area contributed by atoms with E-state index in [0.717, 1.165) is 22.4 Å². The average Bonchev–Trinajstić information content (AvgIpc) is 3.16. The molecular weight excluding hydrogens is 499 g/mol. The Balaban J connectivity index is 1.38. The first kappa shape index (κ1) is 23.6. The monoisotopic (exact) mass is 516 g/mol. The minimum atomic E-state index is 0.475. The number of ether oxygens (including phenoxy) is 1. The standard InChI is InChI=1S/C24H19Cl3N4OS/c1-16-29-30-24(33-15-19-6-9-21(26)12-23(19)27)31(16)28-13-17-4-10-22(11-5-17)32-14-18-2-7-20(25)8-3-18/h2-13H,14-15H2,1H3/b28-13+. The Morgan fingerprint density at radius 3 is 2.39 bits per heavy atom. The summed E-state index contributed by atoms with van der Waals surface area (Å²) in [7, 11) is 0. The maximum absolute atomic E-state index is 6.27. The van der Waals surface area contributed by atoms with E-state index in [4.69, 9.17) is 39.5 Å². The van der Waals surface area contributed by atoms with Gasteiger partial charge in [-0.05, 0) is 72.1 Å². The summed E-state index contributed by atoms with van der Waals surface area (Å²) in [6, 6.07) is 20.8. The summed E-state index contributed by atoms with van der Waals surface area (Å²) in [4.78, 5) is 0. The highest BCUT2D eigenvalue weighted by Crippen LogP contribution is 2.28. The van der Waals surface area contributed by atoms with Gasteiger partial charge in [0.1, 0.15) is 12.4 Å². The summed E-state index contributed by atoms with van der Waals surface area (Å²) in [5, 5.41) is 15.6. The highest BCUT2D eigenvalue weighted by Gasteiger charge is 2.10. The second-order valence-corrected chi connectivity index (χ2v) is 9.32. The highest BCUT2D eigenvalue weighted by atomic mass is 35.5. The quantitative estimate of drug-likeness (QED) is 0.182. The van der Waals surface area contributed by atoms with Gasteiger partial charge in [0, 0.05) is 20.8 Å². The van der Waals surface area contributed by atoms with E-state index in [0.29, 0.717) is 38.4 Å². The molecule has 0 unspecified atom stereocenters. The fourth-order valence-corrected chi connectivity index (χ4v) is 4.48. The highest BCUT2D eigenvalue weighted by molar-refractivity contribution is 7.98. The molecule has 9 heteroatoms. The molecule has 1 heterocycles. The summed E-state index contributed by atoms with van der Waals surface area (Å²) < 4.78 is 7.54. The second kappa shape index (κ2) is 11.1. The van der Waals surface area contributed by atoms with E-state index in [1.165, 1.54) is 11.8 Å². The molecule has 168 valence electrons. The van der Waals surface area contributed by atoms with Crippen LogP contribution >= 0.6 is 46.6 Å². The Hall–Kier alpha value is -2.51. The minimum Gasteiger partial charge on any atom is -0.489 e. The third-order valence-electron chi connectivity index (χ3n) is 4.66. The van der Waals surface area contributed by atoms with Crippen LogP contribution in [0.25, 0.3) is 0 Å². The molecule has 0 saturated heterocycles. The molecule has 0 amide bonds. The molecule has 0 aliphatic heterocycles. The van der Waals surface area contributed by atoms with Gasteiger partial charge in [-0.2, -0.15) is 9.78 Å². The van der Waals surface area contributed by atoms with Gasteiger partial charge in [-0.1, -0.05) is 64.8 Å². The lowest BCUT2D eigenvalue weighted by atomic mass is 10.2. The molecule has 3 aromatic carbocycles. The van der Waals surface area contributed by atoms with Crippen molar-refractivity contribution >= 4 is 52.8 Å². The maximum Gasteiger partial charge on any atom is 0.212 e. The van der Waals surface area contributed by atoms with E-state index in [1.807, 2.05) is 67.6 Å². The van der Waals surface area contributed by atoms with E-state index >= 15 is 0 Å². The van der Waals surface area contributed by atoms with E-state index in [-0.39, 0.29) is 0 Å². The molecule has 1 aromatic heterocycles. The molecule has 0 atom stereocenters. The Bertz CT molecular complexity index is 1260. The third-order valence-corrected chi connectivity index (χ3v) is 6.47. The lowest BCUT2D eigenvalue weighted by molar-refractivity contribution is 0.306. The number of nitrogens with zero attached hydrogens (tertiary/aromatic N) is 4. The van der Waals surface area contributed by atoms with Gasteiger partial charge in [0.05, 0.1) is 6.21 Å². The molecule has 0 fully saturated rings. The maximum atomic E-state index is 6.27. The fourth-order valence-electron chi connectivity index (χ4n) is 2.86. The molecule has 0 spiro atoms. The predicted molar refractivity (Wildman–Crippen MR) is 136 cm³/mol. The normalized spacial score (nSPS) is 11.3. The number of hydrogen-bond acceptors (Lipinski definition) is 5. The Kier molecular flexibility index (Phi) is 7.93. The molecule has 0 radical (unpaired) electrons. The molecule has 4 rings (SSSR count). The second-order valence-electron chi connectivity index (χ2n) is 7.09. The van der Waals surface area contributed by atoms with Crippen LogP contribution in [0.4, 0.5) is 0 Å². The zero-order valence-electron chi connectivity index (χ0n) is 17.6. The van der Waals surface area contributed by atoms with Crippen LogP contribution in [0.3, 0.4) is 0 Å². The van der Waals surface area contributed by atoms with Gasteiger partial charge in [0.25, 0.3) is 0 Å². The van der Waals surface area contributed by atoms with Gasteiger partial charge in [-0.3, -0.25) is 0 Å². The van der Waals surface area contributed by atoms with Crippen molar-refractivity contribution < 1.29 is 4.74 Å². The van der Waals surface area contributed by atoms with Crippen molar-refractivity contribution in [1.29, 1.82) is 0 Å². The summed E-state index contributed by atoms with van der Waals surface area (Å²) in [6.07, 6.45) is 1.76. The average molecular weight is 518 g/mol. The summed E-state index contributed by atoms with van der Waals surface area (Å²) in [5.41, 5.74) is 2.95. The minimum absolute atomic E-state index is 0.475. The number of rotatable bonds is 8. The Morgan fingerprint density at radius 2 is 1.67 bits per heavy atom. The van der Waals surface area contributed by atoms with Crippen LogP contribution in [-0.4, -0.2) is 21.1 Å².